The lowest BCUT2D eigenvalue weighted by molar-refractivity contribution is -0.136. The maximum Gasteiger partial charge on any atom is 0.260 e. The lowest BCUT2D eigenvalue weighted by Gasteiger charge is -2.21. The highest BCUT2D eigenvalue weighted by Gasteiger charge is 2.17. The summed E-state index contributed by atoms with van der Waals surface area (Å²) in [5, 5.41) is 2.77. The molecule has 2 amide bonds. The van der Waals surface area contributed by atoms with E-state index in [0.29, 0.717) is 23.7 Å². The number of anilines is 1. The SMILES string of the molecule is CCN(CC(=O)Nc1ccccc1OC)C(=O)COc1cccc(C)c1C. The van der Waals surface area contributed by atoms with Crippen LogP contribution in [0.15, 0.2) is 42.5 Å². The fourth-order valence-corrected chi connectivity index (χ4v) is 2.60. The number of nitrogens with one attached hydrogen (secondary N) is 1. The normalized spacial score (nSPS) is 10.2. The Bertz CT molecular complexity index is 805. The summed E-state index contributed by atoms with van der Waals surface area (Å²) in [4.78, 5) is 26.2. The molecular formula is C21H26N2O4. The summed E-state index contributed by atoms with van der Waals surface area (Å²) in [7, 11) is 1.54. The molecule has 2 aromatic carbocycles. The Morgan fingerprint density at radius 1 is 1.04 bits per heavy atom. The summed E-state index contributed by atoms with van der Waals surface area (Å²) < 4.78 is 10.9. The van der Waals surface area contributed by atoms with Gasteiger partial charge in [0.25, 0.3) is 5.91 Å². The Morgan fingerprint density at radius 2 is 1.74 bits per heavy atom. The average Bonchev–Trinajstić information content (AvgIpc) is 2.67. The fourth-order valence-electron chi connectivity index (χ4n) is 2.60. The van der Waals surface area contributed by atoms with E-state index in [1.807, 2.05) is 45.0 Å². The van der Waals surface area contributed by atoms with Crippen molar-refractivity contribution in [2.24, 2.45) is 0 Å². The number of carbonyl (C=O) groups excluding carboxylic acids is 2. The molecule has 0 aliphatic carbocycles. The van der Waals surface area contributed by atoms with E-state index in [9.17, 15) is 9.59 Å². The van der Waals surface area contributed by atoms with Gasteiger partial charge in [0.15, 0.2) is 6.61 Å². The molecule has 0 unspecified atom stereocenters. The van der Waals surface area contributed by atoms with Gasteiger partial charge in [-0.25, -0.2) is 0 Å². The highest BCUT2D eigenvalue weighted by molar-refractivity contribution is 5.95. The first-order valence-electron chi connectivity index (χ1n) is 8.86. The molecule has 1 N–H and O–H groups in total. The molecule has 6 heteroatoms. The number of rotatable bonds is 8. The van der Waals surface area contributed by atoms with Gasteiger partial charge < -0.3 is 19.7 Å². The molecule has 27 heavy (non-hydrogen) atoms. The highest BCUT2D eigenvalue weighted by Crippen LogP contribution is 2.23. The molecule has 0 aliphatic heterocycles. The second-order valence-corrected chi connectivity index (χ2v) is 6.14. The number of methoxy groups -OCH3 is 1. The van der Waals surface area contributed by atoms with E-state index in [-0.39, 0.29) is 25.0 Å². The number of carbonyl (C=O) groups is 2. The smallest absolute Gasteiger partial charge is 0.260 e. The number of amides is 2. The molecule has 0 saturated heterocycles. The molecule has 0 spiro atoms. The highest BCUT2D eigenvalue weighted by atomic mass is 16.5. The van der Waals surface area contributed by atoms with E-state index < -0.39 is 0 Å². The maximum absolute atomic E-state index is 12.5. The zero-order chi connectivity index (χ0) is 19.8. The first kappa shape index (κ1) is 20.3. The van der Waals surface area contributed by atoms with Gasteiger partial charge in [-0.05, 0) is 50.1 Å². The molecule has 0 aromatic heterocycles. The van der Waals surface area contributed by atoms with E-state index in [2.05, 4.69) is 5.32 Å². The van der Waals surface area contributed by atoms with Crippen molar-refractivity contribution in [1.29, 1.82) is 0 Å². The summed E-state index contributed by atoms with van der Waals surface area (Å²) in [5.74, 6) is 0.714. The number of ether oxygens (including phenoxy) is 2. The van der Waals surface area contributed by atoms with Gasteiger partial charge in [0.05, 0.1) is 19.3 Å². The molecule has 0 bridgehead atoms. The zero-order valence-corrected chi connectivity index (χ0v) is 16.2. The lowest BCUT2D eigenvalue weighted by atomic mass is 10.1. The van der Waals surface area contributed by atoms with Crippen molar-refractivity contribution in [2.45, 2.75) is 20.8 Å². The van der Waals surface area contributed by atoms with Crippen LogP contribution in [0, 0.1) is 13.8 Å². The van der Waals surface area contributed by atoms with Gasteiger partial charge >= 0.3 is 0 Å². The predicted octanol–water partition coefficient (Wildman–Crippen LogP) is 3.18. The summed E-state index contributed by atoms with van der Waals surface area (Å²) >= 11 is 0. The first-order valence-corrected chi connectivity index (χ1v) is 8.86. The van der Waals surface area contributed by atoms with Gasteiger partial charge in [-0.3, -0.25) is 9.59 Å². The number of para-hydroxylation sites is 2. The third-order valence-corrected chi connectivity index (χ3v) is 4.36. The van der Waals surface area contributed by atoms with Crippen molar-refractivity contribution in [3.63, 3.8) is 0 Å². The number of aryl methyl sites for hydroxylation is 1. The van der Waals surface area contributed by atoms with Crippen molar-refractivity contribution in [3.8, 4) is 11.5 Å². The Labute approximate surface area is 160 Å². The quantitative estimate of drug-likeness (QED) is 0.775. The Hall–Kier alpha value is -3.02. The van der Waals surface area contributed by atoms with Crippen LogP contribution in [-0.2, 0) is 9.59 Å². The van der Waals surface area contributed by atoms with Gasteiger partial charge in [-0.2, -0.15) is 0 Å². The van der Waals surface area contributed by atoms with Gasteiger partial charge in [-0.1, -0.05) is 24.3 Å². The van der Waals surface area contributed by atoms with Crippen LogP contribution in [0.1, 0.15) is 18.1 Å². The summed E-state index contributed by atoms with van der Waals surface area (Å²) in [6, 6.07) is 12.8. The maximum atomic E-state index is 12.5. The number of hydrogen-bond acceptors (Lipinski definition) is 4. The van der Waals surface area contributed by atoms with E-state index in [0.717, 1.165) is 11.1 Å². The van der Waals surface area contributed by atoms with Crippen LogP contribution in [0.4, 0.5) is 5.69 Å². The summed E-state index contributed by atoms with van der Waals surface area (Å²) in [6.07, 6.45) is 0. The minimum atomic E-state index is -0.290. The predicted molar refractivity (Wildman–Crippen MR) is 105 cm³/mol. The Kier molecular flexibility index (Phi) is 7.23. The summed E-state index contributed by atoms with van der Waals surface area (Å²) in [5.41, 5.74) is 2.67. The van der Waals surface area contributed by atoms with Crippen LogP contribution in [0.3, 0.4) is 0 Å². The number of likely N-dealkylation sites (N-methyl/N-ethyl adjacent to an activating group) is 1. The molecule has 2 aromatic rings. The molecule has 0 radical (unpaired) electrons. The van der Waals surface area contributed by atoms with Crippen LogP contribution in [0.25, 0.3) is 0 Å². The number of nitrogens with zero attached hydrogens (tertiary/aromatic N) is 1. The van der Waals surface area contributed by atoms with Crippen molar-refractivity contribution in [1.82, 2.24) is 4.90 Å². The van der Waals surface area contributed by atoms with Crippen molar-refractivity contribution in [2.75, 3.05) is 32.1 Å². The standard InChI is InChI=1S/C21H26N2O4/c1-5-23(13-20(24)22-17-10-6-7-11-19(17)26-4)21(25)14-27-18-12-8-9-15(2)16(18)3/h6-12H,5,13-14H2,1-4H3,(H,22,24). The Balaban J connectivity index is 1.94. The van der Waals surface area contributed by atoms with Crippen LogP contribution in [0.5, 0.6) is 11.5 Å². The van der Waals surface area contributed by atoms with Crippen LogP contribution in [0.2, 0.25) is 0 Å². The minimum Gasteiger partial charge on any atom is -0.495 e. The number of hydrogen-bond donors (Lipinski definition) is 1. The van der Waals surface area contributed by atoms with E-state index >= 15 is 0 Å². The molecule has 0 aliphatic rings. The monoisotopic (exact) mass is 370 g/mol. The fraction of sp³-hybridized carbons (Fsp3) is 0.333. The van der Waals surface area contributed by atoms with Crippen molar-refractivity contribution < 1.29 is 19.1 Å². The zero-order valence-electron chi connectivity index (χ0n) is 16.2. The second kappa shape index (κ2) is 9.62. The van der Waals surface area contributed by atoms with Gasteiger partial charge in [0.1, 0.15) is 11.5 Å². The van der Waals surface area contributed by atoms with Crippen LogP contribution < -0.4 is 14.8 Å². The van der Waals surface area contributed by atoms with Gasteiger partial charge in [0, 0.05) is 6.54 Å². The molecule has 0 fully saturated rings. The van der Waals surface area contributed by atoms with Crippen molar-refractivity contribution in [3.05, 3.63) is 53.6 Å². The average molecular weight is 370 g/mol. The second-order valence-electron chi connectivity index (χ2n) is 6.14. The third kappa shape index (κ3) is 5.48. The van der Waals surface area contributed by atoms with Crippen molar-refractivity contribution >= 4 is 17.5 Å². The van der Waals surface area contributed by atoms with E-state index in [1.54, 1.807) is 18.2 Å². The lowest BCUT2D eigenvalue weighted by Crippen LogP contribution is -2.40. The molecule has 2 rings (SSSR count). The minimum absolute atomic E-state index is 0.0520. The Morgan fingerprint density at radius 3 is 2.44 bits per heavy atom. The molecule has 144 valence electrons. The number of benzene rings is 2. The van der Waals surface area contributed by atoms with Gasteiger partial charge in [0.2, 0.25) is 5.91 Å². The summed E-state index contributed by atoms with van der Waals surface area (Å²) in [6.45, 7) is 6.02. The van der Waals surface area contributed by atoms with E-state index in [1.165, 1.54) is 12.0 Å². The van der Waals surface area contributed by atoms with Crippen LogP contribution in [-0.4, -0.2) is 43.5 Å². The molecule has 0 saturated carbocycles. The largest absolute Gasteiger partial charge is 0.495 e. The topological polar surface area (TPSA) is 67.9 Å². The third-order valence-electron chi connectivity index (χ3n) is 4.36. The molecule has 0 heterocycles. The first-order chi connectivity index (χ1) is 13.0. The van der Waals surface area contributed by atoms with E-state index in [4.69, 9.17) is 9.47 Å². The molecule has 0 atom stereocenters. The van der Waals surface area contributed by atoms with Crippen LogP contribution >= 0.6 is 0 Å². The van der Waals surface area contributed by atoms with Gasteiger partial charge in [-0.15, -0.1) is 0 Å². The molecule has 6 nitrogen and oxygen atoms in total. The molecular weight excluding hydrogens is 344 g/mol.